The van der Waals surface area contributed by atoms with Crippen molar-refractivity contribution in [3.8, 4) is 5.75 Å². The molecule has 0 bridgehead atoms. The van der Waals surface area contributed by atoms with E-state index in [1.807, 2.05) is 48.5 Å². The number of methoxy groups -OCH3 is 1. The second-order valence-electron chi connectivity index (χ2n) is 3.56. The van der Waals surface area contributed by atoms with E-state index >= 15 is 0 Å². The zero-order valence-corrected chi connectivity index (χ0v) is 9.63. The molecule has 0 saturated carbocycles. The van der Waals surface area contributed by atoms with Crippen LogP contribution < -0.4 is 4.74 Å². The SMILES string of the molecule is [CH2]c1ccc(N=Nc2ccc(OC)cc2)cc1. The molecule has 2 aromatic rings. The smallest absolute Gasteiger partial charge is 0.119 e. The van der Waals surface area contributed by atoms with Crippen LogP contribution in [0.4, 0.5) is 11.4 Å². The fourth-order valence-electron chi connectivity index (χ4n) is 1.33. The lowest BCUT2D eigenvalue weighted by molar-refractivity contribution is 0.415. The molecule has 17 heavy (non-hydrogen) atoms. The topological polar surface area (TPSA) is 34.0 Å². The third-order valence-electron chi connectivity index (χ3n) is 2.29. The van der Waals surface area contributed by atoms with Gasteiger partial charge in [-0.15, -0.1) is 0 Å². The van der Waals surface area contributed by atoms with Crippen molar-refractivity contribution in [2.24, 2.45) is 10.2 Å². The molecule has 1 radical (unpaired) electrons. The summed E-state index contributed by atoms with van der Waals surface area (Å²) in [7, 11) is 1.64. The van der Waals surface area contributed by atoms with Crippen molar-refractivity contribution in [2.75, 3.05) is 7.11 Å². The molecule has 85 valence electrons. The molecule has 3 nitrogen and oxygen atoms in total. The minimum atomic E-state index is 0.796. The van der Waals surface area contributed by atoms with Gasteiger partial charge in [-0.25, -0.2) is 0 Å². The Morgan fingerprint density at radius 3 is 1.76 bits per heavy atom. The highest BCUT2D eigenvalue weighted by Gasteiger charge is 1.92. The molecule has 0 fully saturated rings. The second-order valence-corrected chi connectivity index (χ2v) is 3.56. The first-order valence-corrected chi connectivity index (χ1v) is 5.26. The minimum absolute atomic E-state index is 0.796. The summed E-state index contributed by atoms with van der Waals surface area (Å²) in [5, 5.41) is 8.26. The molecule has 2 rings (SSSR count). The molecular formula is C14H13N2O. The van der Waals surface area contributed by atoms with Crippen LogP contribution in [-0.2, 0) is 0 Å². The van der Waals surface area contributed by atoms with E-state index in [0.717, 1.165) is 22.7 Å². The monoisotopic (exact) mass is 225 g/mol. The van der Waals surface area contributed by atoms with Gasteiger partial charge in [-0.05, 0) is 48.9 Å². The normalized spacial score (nSPS) is 10.7. The van der Waals surface area contributed by atoms with Crippen LogP contribution in [0.3, 0.4) is 0 Å². The summed E-state index contributed by atoms with van der Waals surface area (Å²) in [6, 6.07) is 15.0. The van der Waals surface area contributed by atoms with E-state index in [4.69, 9.17) is 4.74 Å². The highest BCUT2D eigenvalue weighted by molar-refractivity contribution is 5.43. The Balaban J connectivity index is 2.11. The molecule has 0 aromatic heterocycles. The molecule has 2 aromatic carbocycles. The molecule has 0 atom stereocenters. The fourth-order valence-corrected chi connectivity index (χ4v) is 1.33. The number of hydrogen-bond donors (Lipinski definition) is 0. The van der Waals surface area contributed by atoms with Crippen LogP contribution in [0.1, 0.15) is 5.56 Å². The van der Waals surface area contributed by atoms with E-state index < -0.39 is 0 Å². The lowest BCUT2D eigenvalue weighted by Crippen LogP contribution is -1.79. The number of azo groups is 1. The predicted molar refractivity (Wildman–Crippen MR) is 68.1 cm³/mol. The molecule has 0 aliphatic heterocycles. The van der Waals surface area contributed by atoms with E-state index in [2.05, 4.69) is 17.2 Å². The Morgan fingerprint density at radius 1 is 0.824 bits per heavy atom. The quantitative estimate of drug-likeness (QED) is 0.717. The van der Waals surface area contributed by atoms with Gasteiger partial charge in [0, 0.05) is 0 Å². The summed E-state index contributed by atoms with van der Waals surface area (Å²) < 4.78 is 5.07. The summed E-state index contributed by atoms with van der Waals surface area (Å²) in [5.74, 6) is 0.811. The highest BCUT2D eigenvalue weighted by Crippen LogP contribution is 2.21. The van der Waals surface area contributed by atoms with Gasteiger partial charge >= 0.3 is 0 Å². The summed E-state index contributed by atoms with van der Waals surface area (Å²) >= 11 is 0. The largest absolute Gasteiger partial charge is 0.497 e. The molecule has 3 heteroatoms. The van der Waals surface area contributed by atoms with Crippen molar-refractivity contribution in [1.29, 1.82) is 0 Å². The van der Waals surface area contributed by atoms with Crippen LogP contribution in [0.15, 0.2) is 58.8 Å². The van der Waals surface area contributed by atoms with Crippen LogP contribution >= 0.6 is 0 Å². The summed E-state index contributed by atoms with van der Waals surface area (Å²) in [6.07, 6.45) is 0. The van der Waals surface area contributed by atoms with Crippen LogP contribution in [0.2, 0.25) is 0 Å². The fraction of sp³-hybridized carbons (Fsp3) is 0.0714. The molecule has 0 spiro atoms. The average Bonchev–Trinajstić information content (AvgIpc) is 2.39. The standard InChI is InChI=1S/C14H13N2O/c1-11-3-5-12(6-4-11)15-16-13-7-9-14(17-2)10-8-13/h3-10H,1H2,2H3. The maximum Gasteiger partial charge on any atom is 0.119 e. The van der Waals surface area contributed by atoms with E-state index in [1.165, 1.54) is 0 Å². The Kier molecular flexibility index (Phi) is 3.50. The molecule has 0 aliphatic carbocycles. The summed E-state index contributed by atoms with van der Waals surface area (Å²) in [6.45, 7) is 3.81. The van der Waals surface area contributed by atoms with Crippen molar-refractivity contribution >= 4 is 11.4 Å². The van der Waals surface area contributed by atoms with Crippen LogP contribution in [0.25, 0.3) is 0 Å². The summed E-state index contributed by atoms with van der Waals surface area (Å²) in [5.41, 5.74) is 2.58. The number of benzene rings is 2. The number of hydrogen-bond acceptors (Lipinski definition) is 3. The number of nitrogens with zero attached hydrogens (tertiary/aromatic N) is 2. The van der Waals surface area contributed by atoms with Gasteiger partial charge in [0.05, 0.1) is 18.5 Å². The first-order chi connectivity index (χ1) is 8.28. The molecule has 0 aliphatic rings. The van der Waals surface area contributed by atoms with Crippen LogP contribution in [-0.4, -0.2) is 7.11 Å². The van der Waals surface area contributed by atoms with Crippen molar-refractivity contribution in [2.45, 2.75) is 0 Å². The number of rotatable bonds is 3. The Labute approximate surface area is 101 Å². The average molecular weight is 225 g/mol. The summed E-state index contributed by atoms with van der Waals surface area (Å²) in [4.78, 5) is 0. The van der Waals surface area contributed by atoms with Gasteiger partial charge in [-0.2, -0.15) is 10.2 Å². The van der Waals surface area contributed by atoms with Crippen molar-refractivity contribution < 1.29 is 4.74 Å². The maximum atomic E-state index is 5.07. The van der Waals surface area contributed by atoms with Crippen molar-refractivity contribution in [1.82, 2.24) is 0 Å². The number of ether oxygens (including phenoxy) is 1. The molecule has 0 unspecified atom stereocenters. The maximum absolute atomic E-state index is 5.07. The Hall–Kier alpha value is -2.16. The van der Waals surface area contributed by atoms with E-state index in [1.54, 1.807) is 7.11 Å². The van der Waals surface area contributed by atoms with Crippen molar-refractivity contribution in [3.05, 3.63) is 61.0 Å². The lowest BCUT2D eigenvalue weighted by atomic mass is 10.2. The van der Waals surface area contributed by atoms with E-state index in [9.17, 15) is 0 Å². The van der Waals surface area contributed by atoms with Gasteiger partial charge in [0.15, 0.2) is 0 Å². The predicted octanol–water partition coefficient (Wildman–Crippen LogP) is 4.29. The van der Waals surface area contributed by atoms with Gasteiger partial charge in [0.1, 0.15) is 5.75 Å². The third kappa shape index (κ3) is 3.14. The van der Waals surface area contributed by atoms with Crippen LogP contribution in [0, 0.1) is 6.92 Å². The third-order valence-corrected chi connectivity index (χ3v) is 2.29. The minimum Gasteiger partial charge on any atom is -0.497 e. The van der Waals surface area contributed by atoms with Gasteiger partial charge < -0.3 is 4.74 Å². The zero-order valence-electron chi connectivity index (χ0n) is 9.63. The highest BCUT2D eigenvalue weighted by atomic mass is 16.5. The molecule has 0 amide bonds. The second kappa shape index (κ2) is 5.25. The molecular weight excluding hydrogens is 212 g/mol. The van der Waals surface area contributed by atoms with E-state index in [0.29, 0.717) is 0 Å². The van der Waals surface area contributed by atoms with E-state index in [-0.39, 0.29) is 0 Å². The molecule has 0 N–H and O–H groups in total. The van der Waals surface area contributed by atoms with Gasteiger partial charge in [-0.3, -0.25) is 0 Å². The van der Waals surface area contributed by atoms with Gasteiger partial charge in [0.25, 0.3) is 0 Å². The molecule has 0 saturated heterocycles. The Morgan fingerprint density at radius 2 is 1.29 bits per heavy atom. The first kappa shape index (κ1) is 11.3. The molecule has 0 heterocycles. The Bertz CT molecular complexity index is 501. The zero-order chi connectivity index (χ0) is 12.1. The van der Waals surface area contributed by atoms with Crippen molar-refractivity contribution in [3.63, 3.8) is 0 Å². The lowest BCUT2D eigenvalue weighted by Gasteiger charge is -1.98. The van der Waals surface area contributed by atoms with Gasteiger partial charge in [0.2, 0.25) is 0 Å². The first-order valence-electron chi connectivity index (χ1n) is 5.26. The van der Waals surface area contributed by atoms with Gasteiger partial charge in [-0.1, -0.05) is 12.1 Å². The van der Waals surface area contributed by atoms with Crippen LogP contribution in [0.5, 0.6) is 5.75 Å².